The van der Waals surface area contributed by atoms with Gasteiger partial charge in [-0.15, -0.1) is 0 Å². The van der Waals surface area contributed by atoms with E-state index in [1.165, 1.54) is 5.56 Å². The van der Waals surface area contributed by atoms with Gasteiger partial charge < -0.3 is 10.6 Å². The quantitative estimate of drug-likeness (QED) is 0.673. The van der Waals surface area contributed by atoms with Crippen LogP contribution in [0.25, 0.3) is 0 Å². The first-order chi connectivity index (χ1) is 11.6. The number of anilines is 3. The number of aromatic nitrogens is 3. The topological polar surface area (TPSA) is 62.7 Å². The van der Waals surface area contributed by atoms with Gasteiger partial charge >= 0.3 is 0 Å². The Bertz CT molecular complexity index is 836. The molecule has 2 aromatic heterocycles. The second-order valence-corrected chi connectivity index (χ2v) is 6.30. The lowest BCUT2D eigenvalue weighted by Gasteiger charge is -2.11. The van der Waals surface area contributed by atoms with E-state index in [9.17, 15) is 0 Å². The van der Waals surface area contributed by atoms with Crippen molar-refractivity contribution in [3.63, 3.8) is 0 Å². The van der Waals surface area contributed by atoms with Crippen LogP contribution in [-0.2, 0) is 6.54 Å². The Kier molecular flexibility index (Phi) is 5.05. The molecule has 2 heterocycles. The Hall–Kier alpha value is -2.47. The zero-order chi connectivity index (χ0) is 16.9. The van der Waals surface area contributed by atoms with Crippen LogP contribution in [0.2, 0.25) is 0 Å². The molecule has 122 valence electrons. The van der Waals surface area contributed by atoms with Gasteiger partial charge in [0.25, 0.3) is 0 Å². The van der Waals surface area contributed by atoms with Crippen molar-refractivity contribution >= 4 is 33.3 Å². The summed E-state index contributed by atoms with van der Waals surface area (Å²) in [5.74, 6) is 2.22. The molecular formula is C18H18BrN5. The van der Waals surface area contributed by atoms with E-state index in [1.54, 1.807) is 6.20 Å². The van der Waals surface area contributed by atoms with Crippen molar-refractivity contribution in [1.82, 2.24) is 15.0 Å². The highest BCUT2D eigenvalue weighted by Gasteiger charge is 2.04. The van der Waals surface area contributed by atoms with Crippen molar-refractivity contribution in [2.45, 2.75) is 20.4 Å². The van der Waals surface area contributed by atoms with E-state index in [0.29, 0.717) is 12.4 Å². The third-order valence-corrected chi connectivity index (χ3v) is 4.31. The number of halogens is 1. The van der Waals surface area contributed by atoms with Crippen LogP contribution in [0, 0.1) is 13.8 Å². The Morgan fingerprint density at radius 1 is 1.00 bits per heavy atom. The molecule has 24 heavy (non-hydrogen) atoms. The number of nitrogens with zero attached hydrogens (tertiary/aromatic N) is 3. The molecule has 0 saturated heterocycles. The SMILES string of the molecule is Cc1nc(NCc2ccccn2)cc(Nc2ccc(C)c(Br)c2)n1. The Labute approximate surface area is 149 Å². The summed E-state index contributed by atoms with van der Waals surface area (Å²) < 4.78 is 1.06. The fourth-order valence-electron chi connectivity index (χ4n) is 2.22. The zero-order valence-corrected chi connectivity index (χ0v) is 15.1. The van der Waals surface area contributed by atoms with Gasteiger partial charge in [-0.3, -0.25) is 4.98 Å². The zero-order valence-electron chi connectivity index (χ0n) is 13.5. The second-order valence-electron chi connectivity index (χ2n) is 5.45. The lowest BCUT2D eigenvalue weighted by Crippen LogP contribution is -2.06. The molecular weight excluding hydrogens is 366 g/mol. The number of hydrogen-bond acceptors (Lipinski definition) is 5. The van der Waals surface area contributed by atoms with Crippen LogP contribution in [0.3, 0.4) is 0 Å². The fraction of sp³-hybridized carbons (Fsp3) is 0.167. The molecule has 1 aromatic carbocycles. The molecule has 2 N–H and O–H groups in total. The van der Waals surface area contributed by atoms with E-state index >= 15 is 0 Å². The summed E-state index contributed by atoms with van der Waals surface area (Å²) in [5, 5.41) is 6.60. The highest BCUT2D eigenvalue weighted by Crippen LogP contribution is 2.23. The van der Waals surface area contributed by atoms with Crippen LogP contribution >= 0.6 is 15.9 Å². The average molecular weight is 384 g/mol. The first kappa shape index (κ1) is 16.4. The van der Waals surface area contributed by atoms with E-state index in [1.807, 2.05) is 43.3 Å². The van der Waals surface area contributed by atoms with Crippen LogP contribution in [0.15, 0.2) is 53.1 Å². The van der Waals surface area contributed by atoms with Crippen LogP contribution in [0.5, 0.6) is 0 Å². The smallest absolute Gasteiger partial charge is 0.136 e. The summed E-state index contributed by atoms with van der Waals surface area (Å²) in [7, 11) is 0. The maximum absolute atomic E-state index is 4.44. The van der Waals surface area contributed by atoms with Crippen LogP contribution in [0.4, 0.5) is 17.3 Å². The van der Waals surface area contributed by atoms with E-state index in [0.717, 1.165) is 27.5 Å². The molecule has 3 rings (SSSR count). The van der Waals surface area contributed by atoms with Crippen LogP contribution < -0.4 is 10.6 Å². The van der Waals surface area contributed by atoms with E-state index in [4.69, 9.17) is 0 Å². The van der Waals surface area contributed by atoms with Gasteiger partial charge in [-0.1, -0.05) is 28.1 Å². The Morgan fingerprint density at radius 2 is 1.83 bits per heavy atom. The van der Waals surface area contributed by atoms with Gasteiger partial charge in [-0.25, -0.2) is 9.97 Å². The van der Waals surface area contributed by atoms with Gasteiger partial charge in [0.05, 0.1) is 12.2 Å². The molecule has 0 aliphatic carbocycles. The second kappa shape index (κ2) is 7.40. The van der Waals surface area contributed by atoms with Gasteiger partial charge in [0.1, 0.15) is 17.5 Å². The number of aryl methyl sites for hydroxylation is 2. The monoisotopic (exact) mass is 383 g/mol. The van der Waals surface area contributed by atoms with E-state index in [2.05, 4.69) is 54.5 Å². The molecule has 3 aromatic rings. The maximum atomic E-state index is 4.44. The summed E-state index contributed by atoms with van der Waals surface area (Å²) in [4.78, 5) is 13.2. The highest BCUT2D eigenvalue weighted by atomic mass is 79.9. The van der Waals surface area contributed by atoms with Crippen molar-refractivity contribution in [1.29, 1.82) is 0 Å². The molecule has 0 amide bonds. The largest absolute Gasteiger partial charge is 0.364 e. The van der Waals surface area contributed by atoms with Gasteiger partial charge in [-0.2, -0.15) is 0 Å². The van der Waals surface area contributed by atoms with Gasteiger partial charge in [0.2, 0.25) is 0 Å². The minimum Gasteiger partial charge on any atom is -0.364 e. The van der Waals surface area contributed by atoms with Crippen molar-refractivity contribution in [2.24, 2.45) is 0 Å². The summed E-state index contributed by atoms with van der Waals surface area (Å²) >= 11 is 3.55. The molecule has 0 atom stereocenters. The lowest BCUT2D eigenvalue weighted by atomic mass is 10.2. The predicted octanol–water partition coefficient (Wildman–Crippen LogP) is 4.61. The summed E-state index contributed by atoms with van der Waals surface area (Å²) in [6.45, 7) is 4.55. The van der Waals surface area contributed by atoms with Crippen molar-refractivity contribution in [3.8, 4) is 0 Å². The molecule has 0 saturated carbocycles. The Balaban J connectivity index is 1.74. The molecule has 5 nitrogen and oxygen atoms in total. The molecule has 0 spiro atoms. The third-order valence-electron chi connectivity index (χ3n) is 3.46. The minimum atomic E-state index is 0.618. The number of nitrogens with one attached hydrogen (secondary N) is 2. The highest BCUT2D eigenvalue weighted by molar-refractivity contribution is 9.10. The molecule has 0 aliphatic heterocycles. The number of benzene rings is 1. The van der Waals surface area contributed by atoms with Gasteiger partial charge in [0, 0.05) is 22.4 Å². The molecule has 6 heteroatoms. The van der Waals surface area contributed by atoms with E-state index in [-0.39, 0.29) is 0 Å². The van der Waals surface area contributed by atoms with Crippen LogP contribution in [-0.4, -0.2) is 15.0 Å². The number of rotatable bonds is 5. The fourth-order valence-corrected chi connectivity index (χ4v) is 2.60. The summed E-state index contributed by atoms with van der Waals surface area (Å²) in [5.41, 5.74) is 3.13. The third kappa shape index (κ3) is 4.29. The molecule has 0 unspecified atom stereocenters. The standard InChI is InChI=1S/C18H18BrN5/c1-12-6-7-14(9-16(12)19)24-18-10-17(22-13(2)23-18)21-11-15-5-3-4-8-20-15/h3-10H,11H2,1-2H3,(H2,21,22,23,24). The number of hydrogen-bond donors (Lipinski definition) is 2. The van der Waals surface area contributed by atoms with E-state index < -0.39 is 0 Å². The average Bonchev–Trinajstić information content (AvgIpc) is 2.57. The Morgan fingerprint density at radius 3 is 2.58 bits per heavy atom. The minimum absolute atomic E-state index is 0.618. The first-order valence-electron chi connectivity index (χ1n) is 7.63. The molecule has 0 bridgehead atoms. The number of pyridine rings is 1. The first-order valence-corrected chi connectivity index (χ1v) is 8.42. The lowest BCUT2D eigenvalue weighted by molar-refractivity contribution is 0.996. The predicted molar refractivity (Wildman–Crippen MR) is 100 cm³/mol. The molecule has 0 aliphatic rings. The van der Waals surface area contributed by atoms with Crippen molar-refractivity contribution in [2.75, 3.05) is 10.6 Å². The summed E-state index contributed by atoms with van der Waals surface area (Å²) in [6, 6.07) is 13.9. The van der Waals surface area contributed by atoms with Crippen LogP contribution in [0.1, 0.15) is 17.1 Å². The van der Waals surface area contributed by atoms with Crippen molar-refractivity contribution < 1.29 is 0 Å². The molecule has 0 fully saturated rings. The summed E-state index contributed by atoms with van der Waals surface area (Å²) in [6.07, 6.45) is 1.78. The maximum Gasteiger partial charge on any atom is 0.136 e. The van der Waals surface area contributed by atoms with Gasteiger partial charge in [0.15, 0.2) is 0 Å². The molecule has 0 radical (unpaired) electrons. The van der Waals surface area contributed by atoms with Gasteiger partial charge in [-0.05, 0) is 43.7 Å². The van der Waals surface area contributed by atoms with Crippen molar-refractivity contribution in [3.05, 3.63) is 70.2 Å². The normalized spacial score (nSPS) is 10.5.